The number of hydrogen-bond donors (Lipinski definition) is 6. The molecule has 5 rings (SSSR count). The highest BCUT2D eigenvalue weighted by atomic mass is 35.5. The third kappa shape index (κ3) is 8.38. The number of nitrogens with one attached hydrogen (secondary N) is 3. The van der Waals surface area contributed by atoms with Crippen LogP contribution in [0.25, 0.3) is 22.1 Å². The number of alkyl halides is 6. The molecule has 0 fully saturated rings. The van der Waals surface area contributed by atoms with Crippen LogP contribution in [0.15, 0.2) is 36.8 Å². The van der Waals surface area contributed by atoms with Crippen molar-refractivity contribution < 1.29 is 50.9 Å². The van der Waals surface area contributed by atoms with Crippen molar-refractivity contribution in [2.24, 2.45) is 0 Å². The van der Waals surface area contributed by atoms with Gasteiger partial charge in [0.15, 0.2) is 11.5 Å². The highest BCUT2D eigenvalue weighted by molar-refractivity contribution is 6.35. The number of H-pyrrole nitrogens is 1. The van der Waals surface area contributed by atoms with Gasteiger partial charge >= 0.3 is 24.3 Å². The van der Waals surface area contributed by atoms with Gasteiger partial charge in [-0.1, -0.05) is 17.7 Å². The molecule has 13 nitrogen and oxygen atoms in total. The molecule has 0 saturated carbocycles. The van der Waals surface area contributed by atoms with Crippen LogP contribution in [0.5, 0.6) is 0 Å². The smallest absolute Gasteiger partial charge is 0.475 e. The molecule has 0 spiro atoms. The summed E-state index contributed by atoms with van der Waals surface area (Å²) in [6.45, 7) is 3.59. The molecule has 1 unspecified atom stereocenters. The maximum absolute atomic E-state index is 13.1. The number of benzene rings is 1. The van der Waals surface area contributed by atoms with Crippen LogP contribution >= 0.6 is 11.6 Å². The molecular formula is C25H23ClF6N8O5. The number of carbonyl (C=O) groups is 3. The second kappa shape index (κ2) is 13.8. The zero-order chi connectivity index (χ0) is 33.7. The highest BCUT2D eigenvalue weighted by Crippen LogP contribution is 2.37. The summed E-state index contributed by atoms with van der Waals surface area (Å²) >= 11 is 6.55. The second-order valence-corrected chi connectivity index (χ2v) is 9.51. The molecule has 0 aliphatic carbocycles. The Morgan fingerprint density at radius 3 is 2.31 bits per heavy atom. The minimum Gasteiger partial charge on any atom is -0.475 e. The van der Waals surface area contributed by atoms with Gasteiger partial charge in [-0.2, -0.15) is 31.4 Å². The van der Waals surface area contributed by atoms with E-state index in [1.54, 1.807) is 24.7 Å². The van der Waals surface area contributed by atoms with Gasteiger partial charge in [-0.3, -0.25) is 9.89 Å². The Labute approximate surface area is 253 Å². The molecular weight excluding hydrogens is 642 g/mol. The quantitative estimate of drug-likeness (QED) is 0.173. The fourth-order valence-corrected chi connectivity index (χ4v) is 4.34. The SMILES string of the molecule is CC(NC(=O)c1c(N)nn2cccnc12)c1cc(Cl)c2c[nH]nc2c1C1=CCNCC1.O=C(O)C(F)(F)F.O=C(O)C(F)(F)F. The molecule has 20 heteroatoms. The number of aromatic nitrogens is 5. The van der Waals surface area contributed by atoms with Crippen LogP contribution in [0.2, 0.25) is 5.02 Å². The first-order valence-electron chi connectivity index (χ1n) is 12.5. The van der Waals surface area contributed by atoms with E-state index in [2.05, 4.69) is 37.0 Å². The Morgan fingerprint density at radius 2 is 1.76 bits per heavy atom. The van der Waals surface area contributed by atoms with Crippen molar-refractivity contribution in [1.29, 1.82) is 0 Å². The van der Waals surface area contributed by atoms with Crippen molar-refractivity contribution in [3.8, 4) is 0 Å². The molecule has 242 valence electrons. The second-order valence-electron chi connectivity index (χ2n) is 9.10. The Hall–Kier alpha value is -4.91. The monoisotopic (exact) mass is 664 g/mol. The van der Waals surface area contributed by atoms with Crippen LogP contribution in [-0.2, 0) is 9.59 Å². The van der Waals surface area contributed by atoms with E-state index in [9.17, 15) is 31.1 Å². The number of hydrogen-bond acceptors (Lipinski definition) is 8. The Bertz CT molecular complexity index is 1730. The van der Waals surface area contributed by atoms with E-state index >= 15 is 0 Å². The highest BCUT2D eigenvalue weighted by Gasteiger charge is 2.39. The number of aromatic amines is 1. The largest absolute Gasteiger partial charge is 0.490 e. The molecule has 1 amide bonds. The van der Waals surface area contributed by atoms with E-state index in [4.69, 9.17) is 37.1 Å². The lowest BCUT2D eigenvalue weighted by atomic mass is 9.90. The first kappa shape index (κ1) is 34.6. The van der Waals surface area contributed by atoms with Crippen LogP contribution < -0.4 is 16.4 Å². The van der Waals surface area contributed by atoms with Gasteiger partial charge in [-0.15, -0.1) is 5.10 Å². The Kier molecular flexibility index (Phi) is 10.6. The summed E-state index contributed by atoms with van der Waals surface area (Å²) in [5, 5.41) is 33.6. The molecule has 0 saturated heterocycles. The van der Waals surface area contributed by atoms with Crippen LogP contribution in [0, 0.1) is 0 Å². The number of nitrogens with two attached hydrogens (primary N) is 1. The Morgan fingerprint density at radius 1 is 1.13 bits per heavy atom. The predicted molar refractivity (Wildman–Crippen MR) is 147 cm³/mol. The average Bonchev–Trinajstić information content (AvgIpc) is 3.57. The standard InChI is InChI=1S/C21H21ClN8O.2C2HF3O2/c1-11(27-21(31)17-19(23)29-30-8-2-5-25-20(17)30)13-9-15(22)14-10-26-28-18(14)16(13)12-3-6-24-7-4-12;2*3-2(4,5)1(6)7/h2-3,5,8-11,24H,4,6-7H2,1H3,(H2,23,29)(H,26,28)(H,27,31);2*(H,6,7). The molecule has 1 aromatic carbocycles. The average molecular weight is 665 g/mol. The summed E-state index contributed by atoms with van der Waals surface area (Å²) in [6, 6.07) is 3.28. The van der Waals surface area contributed by atoms with Crippen molar-refractivity contribution in [3.05, 3.63) is 58.5 Å². The molecule has 0 radical (unpaired) electrons. The van der Waals surface area contributed by atoms with Crippen molar-refractivity contribution in [1.82, 2.24) is 35.4 Å². The van der Waals surface area contributed by atoms with E-state index in [1.807, 2.05) is 13.0 Å². The number of nitrogens with zero attached hydrogens (tertiary/aromatic N) is 4. The molecule has 1 aliphatic heterocycles. The number of anilines is 1. The minimum absolute atomic E-state index is 0.130. The van der Waals surface area contributed by atoms with E-state index in [0.717, 1.165) is 41.5 Å². The predicted octanol–water partition coefficient (Wildman–Crippen LogP) is 3.98. The van der Waals surface area contributed by atoms with Gasteiger partial charge in [0.2, 0.25) is 0 Å². The number of nitrogen functional groups attached to an aromatic ring is 1. The number of aliphatic carboxylic acids is 2. The van der Waals surface area contributed by atoms with Crippen LogP contribution in [0.4, 0.5) is 32.2 Å². The number of carboxylic acid groups (broad SMARTS) is 2. The summed E-state index contributed by atoms with van der Waals surface area (Å²) < 4.78 is 65.0. The normalized spacial score (nSPS) is 14.0. The van der Waals surface area contributed by atoms with Gasteiger partial charge in [-0.25, -0.2) is 19.1 Å². The zero-order valence-corrected chi connectivity index (χ0v) is 23.5. The van der Waals surface area contributed by atoms with Crippen LogP contribution in [-0.4, -0.2) is 78.3 Å². The number of carbonyl (C=O) groups excluding carboxylic acids is 1. The van der Waals surface area contributed by atoms with E-state index in [1.165, 1.54) is 10.1 Å². The van der Waals surface area contributed by atoms with Crippen LogP contribution in [0.3, 0.4) is 0 Å². The lowest BCUT2D eigenvalue weighted by molar-refractivity contribution is -0.193. The molecule has 0 bridgehead atoms. The lowest BCUT2D eigenvalue weighted by Gasteiger charge is -2.22. The molecule has 4 aromatic rings. The number of fused-ring (bicyclic) bond motifs is 2. The molecule has 4 heterocycles. The lowest BCUT2D eigenvalue weighted by Crippen LogP contribution is -2.28. The molecule has 3 aromatic heterocycles. The maximum atomic E-state index is 13.1. The van der Waals surface area contributed by atoms with Crippen molar-refractivity contribution in [2.75, 3.05) is 18.8 Å². The van der Waals surface area contributed by atoms with Gasteiger partial charge in [0, 0.05) is 36.1 Å². The summed E-state index contributed by atoms with van der Waals surface area (Å²) in [5.74, 6) is -5.73. The van der Waals surface area contributed by atoms with E-state index < -0.39 is 24.3 Å². The number of halogens is 7. The molecule has 1 aliphatic rings. The first-order valence-corrected chi connectivity index (χ1v) is 12.9. The van der Waals surface area contributed by atoms with Crippen molar-refractivity contribution in [3.63, 3.8) is 0 Å². The summed E-state index contributed by atoms with van der Waals surface area (Å²) in [6.07, 6.45) is -2.05. The van der Waals surface area contributed by atoms with Gasteiger partial charge < -0.3 is 26.6 Å². The van der Waals surface area contributed by atoms with Crippen molar-refractivity contribution in [2.45, 2.75) is 31.7 Å². The first-order chi connectivity index (χ1) is 20.9. The number of amides is 1. The molecule has 1 atom stereocenters. The zero-order valence-electron chi connectivity index (χ0n) is 22.8. The minimum atomic E-state index is -5.08. The van der Waals surface area contributed by atoms with Gasteiger partial charge in [0.25, 0.3) is 5.91 Å². The van der Waals surface area contributed by atoms with E-state index in [0.29, 0.717) is 10.7 Å². The summed E-state index contributed by atoms with van der Waals surface area (Å²) in [5.41, 5.74) is 10.6. The Balaban J connectivity index is 0.000000331. The van der Waals surface area contributed by atoms with Gasteiger partial charge in [0.05, 0.1) is 11.1 Å². The summed E-state index contributed by atoms with van der Waals surface area (Å²) in [7, 11) is 0. The third-order valence-corrected chi connectivity index (χ3v) is 6.35. The summed E-state index contributed by atoms with van der Waals surface area (Å²) in [4.78, 5) is 35.2. The molecule has 7 N–H and O–H groups in total. The third-order valence-electron chi connectivity index (χ3n) is 6.04. The number of carboxylic acids is 2. The maximum Gasteiger partial charge on any atom is 0.490 e. The van der Waals surface area contributed by atoms with Gasteiger partial charge in [0.1, 0.15) is 11.1 Å². The molecule has 45 heavy (non-hydrogen) atoms. The topological polar surface area (TPSA) is 201 Å². The van der Waals surface area contributed by atoms with Crippen molar-refractivity contribution >= 4 is 57.4 Å². The van der Waals surface area contributed by atoms with Crippen LogP contribution in [0.1, 0.15) is 40.9 Å². The fourth-order valence-electron chi connectivity index (χ4n) is 4.08. The van der Waals surface area contributed by atoms with E-state index in [-0.39, 0.29) is 23.3 Å². The fraction of sp³-hybridized carbons (Fsp3) is 0.280. The number of rotatable bonds is 4. The van der Waals surface area contributed by atoms with Gasteiger partial charge in [-0.05, 0) is 43.2 Å².